The summed E-state index contributed by atoms with van der Waals surface area (Å²) in [6, 6.07) is 5.80. The van der Waals surface area contributed by atoms with Crippen LogP contribution in [0.3, 0.4) is 0 Å². The van der Waals surface area contributed by atoms with Crippen molar-refractivity contribution in [1.29, 1.82) is 5.26 Å². The van der Waals surface area contributed by atoms with Crippen molar-refractivity contribution < 1.29 is 14.5 Å². The second-order valence-corrected chi connectivity index (χ2v) is 7.60. The molecule has 2 bridgehead atoms. The minimum absolute atomic E-state index is 0.105. The number of amides is 2. The van der Waals surface area contributed by atoms with Crippen molar-refractivity contribution in [3.63, 3.8) is 0 Å². The number of nitrogens with zero attached hydrogens (tertiary/aromatic N) is 4. The molecule has 0 aromatic heterocycles. The zero-order valence-corrected chi connectivity index (χ0v) is 14.1. The maximum Gasteiger partial charge on any atom is 0.279 e. The topological polar surface area (TPSA) is 117 Å². The highest BCUT2D eigenvalue weighted by Crippen LogP contribution is 2.73. The van der Waals surface area contributed by atoms with Gasteiger partial charge in [-0.1, -0.05) is 12.2 Å². The minimum Gasteiger partial charge on any atom is -0.272 e. The van der Waals surface area contributed by atoms with Gasteiger partial charge in [-0.2, -0.15) is 15.4 Å². The molecule has 1 aromatic carbocycles. The molecule has 4 atom stereocenters. The number of carbonyl (C=O) groups is 2. The highest BCUT2D eigenvalue weighted by molar-refractivity contribution is 6.07. The third-order valence-electron chi connectivity index (χ3n) is 6.50. The number of rotatable bonds is 3. The zero-order chi connectivity index (χ0) is 18.9. The van der Waals surface area contributed by atoms with Crippen LogP contribution in [0.15, 0.2) is 35.5 Å². The summed E-state index contributed by atoms with van der Waals surface area (Å²) in [5, 5.41) is 25.0. The normalized spacial score (nSPS) is 31.7. The molecule has 1 saturated heterocycles. The molecule has 8 nitrogen and oxygen atoms in total. The van der Waals surface area contributed by atoms with Crippen LogP contribution < -0.4 is 0 Å². The van der Waals surface area contributed by atoms with Crippen LogP contribution in [0.2, 0.25) is 0 Å². The third kappa shape index (κ3) is 1.94. The van der Waals surface area contributed by atoms with Crippen molar-refractivity contribution in [2.75, 3.05) is 0 Å². The molecule has 4 aliphatic rings. The van der Waals surface area contributed by atoms with Crippen LogP contribution in [0.4, 0.5) is 5.69 Å². The molecule has 3 fully saturated rings. The van der Waals surface area contributed by atoms with Crippen LogP contribution in [0.1, 0.15) is 24.0 Å². The van der Waals surface area contributed by atoms with Crippen LogP contribution in [0, 0.1) is 50.5 Å². The lowest BCUT2D eigenvalue weighted by Gasteiger charge is -2.18. The molecular formula is C19H14N4O4. The Balaban J connectivity index is 1.45. The van der Waals surface area contributed by atoms with Crippen molar-refractivity contribution >= 4 is 23.7 Å². The van der Waals surface area contributed by atoms with Gasteiger partial charge in [0.05, 0.1) is 40.2 Å². The molecule has 2 saturated carbocycles. The van der Waals surface area contributed by atoms with E-state index >= 15 is 0 Å². The van der Waals surface area contributed by atoms with E-state index in [-0.39, 0.29) is 57.7 Å². The Morgan fingerprint density at radius 3 is 2.37 bits per heavy atom. The number of benzene rings is 1. The van der Waals surface area contributed by atoms with Gasteiger partial charge in [-0.3, -0.25) is 19.7 Å². The molecule has 3 aliphatic carbocycles. The number of nitro groups is 1. The second-order valence-electron chi connectivity index (χ2n) is 7.60. The van der Waals surface area contributed by atoms with Gasteiger partial charge in [0.2, 0.25) is 0 Å². The van der Waals surface area contributed by atoms with Crippen molar-refractivity contribution in [1.82, 2.24) is 5.01 Å². The van der Waals surface area contributed by atoms with Gasteiger partial charge in [0.25, 0.3) is 17.5 Å². The van der Waals surface area contributed by atoms with Crippen molar-refractivity contribution in [2.45, 2.75) is 12.8 Å². The molecule has 5 rings (SSSR count). The van der Waals surface area contributed by atoms with Gasteiger partial charge in [-0.15, -0.1) is 0 Å². The van der Waals surface area contributed by atoms with Gasteiger partial charge in [-0.25, -0.2) is 0 Å². The number of hydrogen-bond donors (Lipinski definition) is 0. The molecule has 134 valence electrons. The van der Waals surface area contributed by atoms with Crippen molar-refractivity contribution in [2.24, 2.45) is 34.2 Å². The van der Waals surface area contributed by atoms with E-state index in [2.05, 4.69) is 17.3 Å². The van der Waals surface area contributed by atoms with Gasteiger partial charge in [0.15, 0.2) is 0 Å². The first-order chi connectivity index (χ1) is 13.0. The van der Waals surface area contributed by atoms with E-state index in [4.69, 9.17) is 5.26 Å². The number of hydrogen-bond acceptors (Lipinski definition) is 6. The Morgan fingerprint density at radius 2 is 1.85 bits per heavy atom. The number of carbonyl (C=O) groups excluding carboxylic acids is 2. The number of allylic oxidation sites excluding steroid dienone is 2. The molecule has 0 radical (unpaired) electrons. The standard InChI is InChI=1S/C19H14N4O4/c20-8-10-1-2-11(14(7-10)23(26)27)9-21-22-17(24)15-12-3-4-13(16(15)18(22)25)19(12)5-6-19/h1-4,7,9,12-13,15-16H,5-6H2. The summed E-state index contributed by atoms with van der Waals surface area (Å²) >= 11 is 0. The Hall–Kier alpha value is -3.34. The fraction of sp³-hybridized carbons (Fsp3) is 0.368. The largest absolute Gasteiger partial charge is 0.279 e. The fourth-order valence-electron chi connectivity index (χ4n) is 5.18. The Morgan fingerprint density at radius 1 is 1.22 bits per heavy atom. The SMILES string of the molecule is N#Cc1ccc(C=NN2C(=O)C3C(C2=O)C2C=CC3C23CC3)c([N+](=O)[O-])c1. The Bertz CT molecular complexity index is 983. The lowest BCUT2D eigenvalue weighted by Crippen LogP contribution is -2.30. The van der Waals surface area contributed by atoms with Gasteiger partial charge in [0.1, 0.15) is 0 Å². The van der Waals surface area contributed by atoms with E-state index in [1.807, 2.05) is 6.07 Å². The van der Waals surface area contributed by atoms with Gasteiger partial charge >= 0.3 is 0 Å². The first kappa shape index (κ1) is 15.9. The fourth-order valence-corrected chi connectivity index (χ4v) is 5.18. The van der Waals surface area contributed by atoms with Gasteiger partial charge < -0.3 is 0 Å². The molecule has 1 spiro atoms. The first-order valence-electron chi connectivity index (χ1n) is 8.76. The average Bonchev–Trinajstić information content (AvgIpc) is 3.26. The monoisotopic (exact) mass is 362 g/mol. The van der Waals surface area contributed by atoms with Crippen LogP contribution in [0.5, 0.6) is 0 Å². The molecule has 2 amide bonds. The van der Waals surface area contributed by atoms with E-state index in [0.29, 0.717) is 0 Å². The highest BCUT2D eigenvalue weighted by atomic mass is 16.6. The third-order valence-corrected chi connectivity index (χ3v) is 6.50. The van der Waals surface area contributed by atoms with Crippen LogP contribution in [0.25, 0.3) is 0 Å². The molecule has 27 heavy (non-hydrogen) atoms. The van der Waals surface area contributed by atoms with Crippen molar-refractivity contribution in [3.8, 4) is 6.07 Å². The molecule has 1 aromatic rings. The van der Waals surface area contributed by atoms with Crippen LogP contribution >= 0.6 is 0 Å². The predicted molar refractivity (Wildman–Crippen MR) is 92.0 cm³/mol. The zero-order valence-electron chi connectivity index (χ0n) is 14.1. The van der Waals surface area contributed by atoms with Crippen LogP contribution in [-0.4, -0.2) is 28.0 Å². The van der Waals surface area contributed by atoms with Gasteiger partial charge in [0, 0.05) is 6.07 Å². The average molecular weight is 362 g/mol. The molecule has 1 aliphatic heterocycles. The summed E-state index contributed by atoms with van der Waals surface area (Å²) in [5.41, 5.74) is 0.105. The number of nitro benzene ring substituents is 1. The molecule has 1 heterocycles. The summed E-state index contributed by atoms with van der Waals surface area (Å²) in [5.74, 6) is -1.14. The molecule has 8 heteroatoms. The summed E-state index contributed by atoms with van der Waals surface area (Å²) in [4.78, 5) is 36.3. The Labute approximate surface area is 153 Å². The number of nitriles is 1. The van der Waals surface area contributed by atoms with E-state index in [1.165, 1.54) is 12.1 Å². The Kier molecular flexibility index (Phi) is 3.00. The maximum absolute atomic E-state index is 12.8. The number of imide groups is 1. The second kappa shape index (κ2) is 5.10. The quantitative estimate of drug-likeness (QED) is 0.268. The summed E-state index contributed by atoms with van der Waals surface area (Å²) < 4.78 is 0. The maximum atomic E-state index is 12.8. The van der Waals surface area contributed by atoms with Crippen LogP contribution in [-0.2, 0) is 9.59 Å². The van der Waals surface area contributed by atoms with E-state index < -0.39 is 4.92 Å². The molecule has 0 N–H and O–H groups in total. The molecular weight excluding hydrogens is 348 g/mol. The first-order valence-corrected chi connectivity index (χ1v) is 8.76. The summed E-state index contributed by atoms with van der Waals surface area (Å²) in [6.45, 7) is 0. The number of hydrazone groups is 1. The van der Waals surface area contributed by atoms with E-state index in [0.717, 1.165) is 30.1 Å². The summed E-state index contributed by atoms with van der Waals surface area (Å²) in [6.07, 6.45) is 7.41. The lowest BCUT2D eigenvalue weighted by atomic mass is 9.85. The summed E-state index contributed by atoms with van der Waals surface area (Å²) in [7, 11) is 0. The van der Waals surface area contributed by atoms with Gasteiger partial charge in [-0.05, 0) is 42.2 Å². The van der Waals surface area contributed by atoms with E-state index in [9.17, 15) is 19.7 Å². The molecule has 4 unspecified atom stereocenters. The number of fused-ring (bicyclic) bond motifs is 3. The minimum atomic E-state index is -0.619. The van der Waals surface area contributed by atoms with E-state index in [1.54, 1.807) is 0 Å². The highest BCUT2D eigenvalue weighted by Gasteiger charge is 2.73. The van der Waals surface area contributed by atoms with Crippen molar-refractivity contribution in [3.05, 3.63) is 51.6 Å². The smallest absolute Gasteiger partial charge is 0.272 e. The lowest BCUT2D eigenvalue weighted by molar-refractivity contribution is -0.385. The predicted octanol–water partition coefficient (Wildman–Crippen LogP) is 2.00.